The molecule has 4 nitrogen and oxygen atoms in total. The van der Waals surface area contributed by atoms with Crippen molar-refractivity contribution in [2.75, 3.05) is 0 Å². The molecule has 0 N–H and O–H groups in total. The minimum atomic E-state index is 0.644. The predicted molar refractivity (Wildman–Crippen MR) is 232 cm³/mol. The third-order valence-corrected chi connectivity index (χ3v) is 11.0. The Labute approximate surface area is 324 Å². The van der Waals surface area contributed by atoms with Crippen LogP contribution in [-0.4, -0.2) is 19.1 Å². The fourth-order valence-electron chi connectivity index (χ4n) is 8.28. The van der Waals surface area contributed by atoms with Crippen molar-refractivity contribution in [3.8, 4) is 56.4 Å². The van der Waals surface area contributed by atoms with Gasteiger partial charge in [-0.25, -0.2) is 9.97 Å². The highest BCUT2D eigenvalue weighted by Gasteiger charge is 2.19. The van der Waals surface area contributed by atoms with Gasteiger partial charge in [-0.05, 0) is 70.8 Å². The van der Waals surface area contributed by atoms with Gasteiger partial charge in [0.05, 0.1) is 33.5 Å². The van der Waals surface area contributed by atoms with Crippen molar-refractivity contribution in [3.63, 3.8) is 0 Å². The van der Waals surface area contributed by atoms with Crippen molar-refractivity contribution in [2.45, 2.75) is 0 Å². The van der Waals surface area contributed by atoms with Crippen LogP contribution >= 0.6 is 0 Å². The summed E-state index contributed by atoms with van der Waals surface area (Å²) in [7, 11) is 0. The van der Waals surface area contributed by atoms with E-state index in [0.29, 0.717) is 5.95 Å². The highest BCUT2D eigenvalue weighted by molar-refractivity contribution is 6.12. The van der Waals surface area contributed by atoms with Crippen LogP contribution in [0.5, 0.6) is 0 Å². The van der Waals surface area contributed by atoms with E-state index in [4.69, 9.17) is 9.97 Å². The van der Waals surface area contributed by atoms with Gasteiger partial charge in [-0.1, -0.05) is 158 Å². The monoisotopic (exact) mass is 714 g/mol. The molecule has 0 fully saturated rings. The lowest BCUT2D eigenvalue weighted by Gasteiger charge is -2.12. The number of hydrogen-bond acceptors (Lipinski definition) is 2. The number of para-hydroxylation sites is 2. The number of nitrogens with zero attached hydrogens (tertiary/aromatic N) is 4. The van der Waals surface area contributed by atoms with Crippen LogP contribution in [0.1, 0.15) is 0 Å². The van der Waals surface area contributed by atoms with Crippen LogP contribution in [0.3, 0.4) is 0 Å². The minimum absolute atomic E-state index is 0.644. The van der Waals surface area contributed by atoms with Crippen molar-refractivity contribution in [1.29, 1.82) is 0 Å². The summed E-state index contributed by atoms with van der Waals surface area (Å²) in [5.41, 5.74) is 14.2. The first-order valence-corrected chi connectivity index (χ1v) is 19.0. The Morgan fingerprint density at radius 2 is 0.714 bits per heavy atom. The maximum absolute atomic E-state index is 5.25. The average Bonchev–Trinajstić information content (AvgIpc) is 3.79. The van der Waals surface area contributed by atoms with Gasteiger partial charge >= 0.3 is 0 Å². The van der Waals surface area contributed by atoms with E-state index in [1.54, 1.807) is 0 Å². The van der Waals surface area contributed by atoms with Crippen LogP contribution in [0.15, 0.2) is 206 Å². The first kappa shape index (κ1) is 31.9. The Kier molecular flexibility index (Phi) is 7.46. The molecule has 0 saturated heterocycles. The molecule has 262 valence electrons. The van der Waals surface area contributed by atoms with Gasteiger partial charge in [0.2, 0.25) is 5.95 Å². The van der Waals surface area contributed by atoms with E-state index in [1.807, 2.05) is 12.1 Å². The lowest BCUT2D eigenvalue weighted by molar-refractivity contribution is 0.996. The van der Waals surface area contributed by atoms with E-state index in [9.17, 15) is 0 Å². The Hall–Kier alpha value is -7.56. The summed E-state index contributed by atoms with van der Waals surface area (Å²) in [4.78, 5) is 10.5. The average molecular weight is 715 g/mol. The standard InChI is InChI=1S/C52H34N4/c1-4-14-35(15-5-1)36-24-28-41(29-25-36)55-48-22-12-11-21-43(48)45-32-39(27-31-50(45)55)40-26-30-44-42-20-10-13-23-49(42)56(51(44)33-40)52-53-46(37-16-6-2-7-17-37)34-47(54-52)38-18-8-3-9-19-38/h1-34H. The predicted octanol–water partition coefficient (Wildman–Crippen LogP) is 13.3. The molecule has 0 aliphatic carbocycles. The van der Waals surface area contributed by atoms with Crippen LogP contribution in [0, 0.1) is 0 Å². The van der Waals surface area contributed by atoms with Crippen LogP contribution in [0.25, 0.3) is 100 Å². The van der Waals surface area contributed by atoms with Crippen molar-refractivity contribution >= 4 is 43.6 Å². The molecule has 0 aliphatic rings. The van der Waals surface area contributed by atoms with Crippen LogP contribution in [0.4, 0.5) is 0 Å². The highest BCUT2D eigenvalue weighted by Crippen LogP contribution is 2.39. The molecule has 0 atom stereocenters. The molecule has 11 aromatic rings. The normalized spacial score (nSPS) is 11.6. The molecule has 11 rings (SSSR count). The van der Waals surface area contributed by atoms with Gasteiger partial charge in [-0.15, -0.1) is 0 Å². The van der Waals surface area contributed by atoms with E-state index in [1.165, 1.54) is 38.3 Å². The number of benzene rings is 8. The van der Waals surface area contributed by atoms with Gasteiger partial charge in [0.15, 0.2) is 0 Å². The molecule has 3 aromatic heterocycles. The van der Waals surface area contributed by atoms with Crippen molar-refractivity contribution < 1.29 is 0 Å². The molecule has 4 heteroatoms. The van der Waals surface area contributed by atoms with Gasteiger partial charge in [-0.2, -0.15) is 0 Å². The summed E-state index contributed by atoms with van der Waals surface area (Å²) in [6.07, 6.45) is 0. The molecule has 0 amide bonds. The summed E-state index contributed by atoms with van der Waals surface area (Å²) < 4.78 is 4.61. The van der Waals surface area contributed by atoms with Crippen LogP contribution in [-0.2, 0) is 0 Å². The molecule has 56 heavy (non-hydrogen) atoms. The molecule has 0 aliphatic heterocycles. The molecule has 0 radical (unpaired) electrons. The number of fused-ring (bicyclic) bond motifs is 6. The number of aromatic nitrogens is 4. The summed E-state index contributed by atoms with van der Waals surface area (Å²) in [6, 6.07) is 73.2. The van der Waals surface area contributed by atoms with Crippen molar-refractivity contribution in [1.82, 2.24) is 19.1 Å². The van der Waals surface area contributed by atoms with Gasteiger partial charge in [-0.3, -0.25) is 4.57 Å². The Morgan fingerprint density at radius 3 is 1.36 bits per heavy atom. The van der Waals surface area contributed by atoms with Gasteiger partial charge in [0.25, 0.3) is 0 Å². The summed E-state index contributed by atoms with van der Waals surface area (Å²) >= 11 is 0. The zero-order valence-corrected chi connectivity index (χ0v) is 30.4. The fraction of sp³-hybridized carbons (Fsp3) is 0. The number of hydrogen-bond donors (Lipinski definition) is 0. The van der Waals surface area contributed by atoms with E-state index < -0.39 is 0 Å². The molecule has 3 heterocycles. The second kappa shape index (κ2) is 13.1. The first-order chi connectivity index (χ1) is 27.8. The van der Waals surface area contributed by atoms with Gasteiger partial charge in [0.1, 0.15) is 0 Å². The molecular formula is C52H34N4. The van der Waals surface area contributed by atoms with Crippen molar-refractivity contribution in [3.05, 3.63) is 206 Å². The topological polar surface area (TPSA) is 35.6 Å². The summed E-state index contributed by atoms with van der Waals surface area (Å²) in [6.45, 7) is 0. The number of rotatable bonds is 6. The molecule has 0 unspecified atom stereocenters. The third kappa shape index (κ3) is 5.31. The largest absolute Gasteiger partial charge is 0.309 e. The minimum Gasteiger partial charge on any atom is -0.309 e. The lowest BCUT2D eigenvalue weighted by atomic mass is 10.0. The van der Waals surface area contributed by atoms with Crippen molar-refractivity contribution in [2.24, 2.45) is 0 Å². The summed E-state index contributed by atoms with van der Waals surface area (Å²) in [5.74, 6) is 0.644. The second-order valence-corrected chi connectivity index (χ2v) is 14.3. The van der Waals surface area contributed by atoms with Gasteiger partial charge < -0.3 is 4.57 Å². The van der Waals surface area contributed by atoms with E-state index in [2.05, 4.69) is 203 Å². The lowest BCUT2D eigenvalue weighted by Crippen LogP contribution is -2.04. The SMILES string of the molecule is c1ccc(-c2ccc(-n3c4ccccc4c4cc(-c5ccc6c7ccccc7n(-c7nc(-c8ccccc8)cc(-c8ccccc8)n7)c6c5)ccc43)cc2)cc1. The third-order valence-electron chi connectivity index (χ3n) is 11.0. The van der Waals surface area contributed by atoms with Gasteiger partial charge in [0, 0.05) is 38.4 Å². The highest BCUT2D eigenvalue weighted by atomic mass is 15.2. The van der Waals surface area contributed by atoms with E-state index >= 15 is 0 Å². The zero-order valence-electron chi connectivity index (χ0n) is 30.4. The maximum atomic E-state index is 5.25. The Bertz CT molecular complexity index is 3160. The smallest absolute Gasteiger partial charge is 0.235 e. The molecule has 0 saturated carbocycles. The van der Waals surface area contributed by atoms with E-state index in [0.717, 1.165) is 55.7 Å². The first-order valence-electron chi connectivity index (χ1n) is 19.0. The second-order valence-electron chi connectivity index (χ2n) is 14.3. The maximum Gasteiger partial charge on any atom is 0.235 e. The van der Waals surface area contributed by atoms with E-state index in [-0.39, 0.29) is 0 Å². The molecule has 8 aromatic carbocycles. The summed E-state index contributed by atoms with van der Waals surface area (Å²) in [5, 5.41) is 4.78. The van der Waals surface area contributed by atoms with Crippen LogP contribution < -0.4 is 0 Å². The Balaban J connectivity index is 1.08. The van der Waals surface area contributed by atoms with Crippen LogP contribution in [0.2, 0.25) is 0 Å². The molecule has 0 spiro atoms. The molecular weight excluding hydrogens is 681 g/mol. The Morgan fingerprint density at radius 1 is 0.268 bits per heavy atom. The zero-order chi connectivity index (χ0) is 37.0. The quantitative estimate of drug-likeness (QED) is 0.172. The molecule has 0 bridgehead atoms. The fourth-order valence-corrected chi connectivity index (χ4v) is 8.28.